The highest BCUT2D eigenvalue weighted by atomic mass is 19.1. The fraction of sp³-hybridized carbons (Fsp3) is 0.417. The van der Waals surface area contributed by atoms with Gasteiger partial charge in [-0.25, -0.2) is 9.37 Å². The number of pyridine rings is 1. The molecular weight excluding hydrogens is 409 g/mol. The van der Waals surface area contributed by atoms with Gasteiger partial charge < -0.3 is 10.2 Å². The summed E-state index contributed by atoms with van der Waals surface area (Å²) in [4.78, 5) is 32.0. The van der Waals surface area contributed by atoms with E-state index in [2.05, 4.69) is 5.32 Å². The number of rotatable bonds is 4. The van der Waals surface area contributed by atoms with Crippen LogP contribution in [0.3, 0.4) is 0 Å². The Balaban J connectivity index is 1.44. The first-order valence-corrected chi connectivity index (χ1v) is 11.1. The van der Waals surface area contributed by atoms with E-state index in [1.54, 1.807) is 28.8 Å². The molecule has 0 radical (unpaired) electrons. The SMILES string of the molecule is CNC(=O)c1cc(C2CC2)nc2c1c(C1CCN(C(=O)c3ccccc3F)CC1)nn2C. The average Bonchev–Trinajstić information content (AvgIpc) is 3.62. The fourth-order valence-corrected chi connectivity index (χ4v) is 4.65. The molecule has 1 aliphatic carbocycles. The van der Waals surface area contributed by atoms with E-state index in [4.69, 9.17) is 10.1 Å². The Hall–Kier alpha value is -3.29. The summed E-state index contributed by atoms with van der Waals surface area (Å²) >= 11 is 0. The average molecular weight is 436 g/mol. The predicted octanol–water partition coefficient (Wildman–Crippen LogP) is 3.36. The molecule has 1 saturated heterocycles. The molecule has 1 saturated carbocycles. The minimum absolute atomic E-state index is 0.0975. The van der Waals surface area contributed by atoms with Crippen LogP contribution >= 0.6 is 0 Å². The van der Waals surface area contributed by atoms with Crippen LogP contribution in [0.5, 0.6) is 0 Å². The predicted molar refractivity (Wildman–Crippen MR) is 118 cm³/mol. The maximum absolute atomic E-state index is 14.1. The number of nitrogens with zero attached hydrogens (tertiary/aromatic N) is 4. The fourth-order valence-electron chi connectivity index (χ4n) is 4.65. The summed E-state index contributed by atoms with van der Waals surface area (Å²) in [6.45, 7) is 1.03. The van der Waals surface area contributed by atoms with Gasteiger partial charge in [-0.05, 0) is 43.9 Å². The minimum Gasteiger partial charge on any atom is -0.355 e. The molecule has 166 valence electrons. The summed E-state index contributed by atoms with van der Waals surface area (Å²) in [6.07, 6.45) is 3.60. The van der Waals surface area contributed by atoms with Gasteiger partial charge in [-0.15, -0.1) is 0 Å². The number of aromatic nitrogens is 3. The number of carbonyl (C=O) groups is 2. The number of nitrogens with one attached hydrogen (secondary N) is 1. The third-order valence-corrected chi connectivity index (χ3v) is 6.58. The van der Waals surface area contributed by atoms with Crippen molar-refractivity contribution in [2.24, 2.45) is 7.05 Å². The first kappa shape index (κ1) is 20.6. The molecule has 1 N–H and O–H groups in total. The van der Waals surface area contributed by atoms with Crippen molar-refractivity contribution in [3.8, 4) is 0 Å². The number of likely N-dealkylation sites (tertiary alicyclic amines) is 1. The quantitative estimate of drug-likeness (QED) is 0.682. The zero-order chi connectivity index (χ0) is 22.4. The summed E-state index contributed by atoms with van der Waals surface area (Å²) in [7, 11) is 3.49. The molecule has 3 aromatic rings. The van der Waals surface area contributed by atoms with Gasteiger partial charge in [0, 0.05) is 44.7 Å². The van der Waals surface area contributed by atoms with Crippen molar-refractivity contribution in [1.82, 2.24) is 25.0 Å². The van der Waals surface area contributed by atoms with Crippen molar-refractivity contribution in [3.05, 3.63) is 58.7 Å². The number of halogens is 1. The molecule has 5 rings (SSSR count). The van der Waals surface area contributed by atoms with Gasteiger partial charge in [-0.2, -0.15) is 5.10 Å². The first-order valence-electron chi connectivity index (χ1n) is 11.1. The molecule has 0 unspecified atom stereocenters. The second kappa shape index (κ2) is 8.00. The van der Waals surface area contributed by atoms with E-state index < -0.39 is 5.82 Å². The third-order valence-electron chi connectivity index (χ3n) is 6.58. The van der Waals surface area contributed by atoms with Gasteiger partial charge in [-0.1, -0.05) is 12.1 Å². The zero-order valence-electron chi connectivity index (χ0n) is 18.3. The number of benzene rings is 1. The summed E-state index contributed by atoms with van der Waals surface area (Å²) in [5.74, 6) is -0.396. The molecule has 8 heteroatoms. The van der Waals surface area contributed by atoms with Crippen LogP contribution in [0.15, 0.2) is 30.3 Å². The Morgan fingerprint density at radius 2 is 1.78 bits per heavy atom. The van der Waals surface area contributed by atoms with Gasteiger partial charge in [-0.3, -0.25) is 14.3 Å². The molecule has 2 amide bonds. The number of hydrogen-bond acceptors (Lipinski definition) is 4. The molecular formula is C24H26FN5O2. The van der Waals surface area contributed by atoms with E-state index in [1.165, 1.54) is 12.1 Å². The van der Waals surface area contributed by atoms with Gasteiger partial charge in [0.1, 0.15) is 5.82 Å². The number of piperidine rings is 1. The van der Waals surface area contributed by atoms with E-state index in [9.17, 15) is 14.0 Å². The Bertz CT molecular complexity index is 1210. The van der Waals surface area contributed by atoms with Crippen LogP contribution in [0.4, 0.5) is 4.39 Å². The molecule has 1 aromatic carbocycles. The maximum atomic E-state index is 14.1. The summed E-state index contributed by atoms with van der Waals surface area (Å²) in [5.41, 5.74) is 3.26. The second-order valence-electron chi connectivity index (χ2n) is 8.70. The Morgan fingerprint density at radius 3 is 2.44 bits per heavy atom. The maximum Gasteiger partial charge on any atom is 0.256 e. The van der Waals surface area contributed by atoms with Crippen molar-refractivity contribution >= 4 is 22.8 Å². The van der Waals surface area contributed by atoms with Crippen LogP contribution < -0.4 is 5.32 Å². The molecule has 2 fully saturated rings. The number of amides is 2. The Labute approximate surface area is 185 Å². The lowest BCUT2D eigenvalue weighted by Gasteiger charge is -2.31. The van der Waals surface area contributed by atoms with Crippen LogP contribution in [0.25, 0.3) is 11.0 Å². The number of carbonyl (C=O) groups excluding carboxylic acids is 2. The monoisotopic (exact) mass is 435 g/mol. The summed E-state index contributed by atoms with van der Waals surface area (Å²) < 4.78 is 15.8. The molecule has 2 aromatic heterocycles. The van der Waals surface area contributed by atoms with Gasteiger partial charge in [0.25, 0.3) is 11.8 Å². The first-order chi connectivity index (χ1) is 15.5. The largest absolute Gasteiger partial charge is 0.355 e. The number of fused-ring (bicyclic) bond motifs is 1. The third kappa shape index (κ3) is 3.53. The molecule has 2 aliphatic rings. The molecule has 32 heavy (non-hydrogen) atoms. The highest BCUT2D eigenvalue weighted by Crippen LogP contribution is 2.41. The summed E-state index contributed by atoms with van der Waals surface area (Å²) in [6, 6.07) is 8.00. The molecule has 1 aliphatic heterocycles. The van der Waals surface area contributed by atoms with Crippen molar-refractivity contribution in [2.45, 2.75) is 37.5 Å². The normalized spacial score (nSPS) is 17.0. The molecule has 0 atom stereocenters. The van der Waals surface area contributed by atoms with Crippen molar-refractivity contribution in [1.29, 1.82) is 0 Å². The second-order valence-corrected chi connectivity index (χ2v) is 8.70. The number of hydrogen-bond donors (Lipinski definition) is 1. The van der Waals surface area contributed by atoms with Crippen LogP contribution in [-0.4, -0.2) is 51.6 Å². The van der Waals surface area contributed by atoms with Gasteiger partial charge in [0.2, 0.25) is 0 Å². The van der Waals surface area contributed by atoms with Gasteiger partial charge in [0.05, 0.1) is 22.2 Å². The Kier molecular flexibility index (Phi) is 5.15. The standard InChI is InChI=1S/C24H26FN5O2/c1-26-23(31)17-13-19(14-7-8-14)27-22-20(17)21(28-29(22)2)15-9-11-30(12-10-15)24(32)16-5-3-4-6-18(16)25/h3-6,13-15H,7-12H2,1-2H3,(H,26,31). The molecule has 3 heterocycles. The summed E-state index contributed by atoms with van der Waals surface area (Å²) in [5, 5.41) is 8.32. The number of aryl methyl sites for hydroxylation is 1. The van der Waals surface area contributed by atoms with E-state index in [0.717, 1.165) is 35.3 Å². The van der Waals surface area contributed by atoms with Crippen LogP contribution in [0, 0.1) is 5.82 Å². The van der Waals surface area contributed by atoms with E-state index in [0.29, 0.717) is 37.4 Å². The Morgan fingerprint density at radius 1 is 1.06 bits per heavy atom. The zero-order valence-corrected chi connectivity index (χ0v) is 18.3. The van der Waals surface area contributed by atoms with Crippen molar-refractivity contribution < 1.29 is 14.0 Å². The van der Waals surface area contributed by atoms with Crippen LogP contribution in [0.1, 0.15) is 69.6 Å². The minimum atomic E-state index is -0.497. The highest BCUT2D eigenvalue weighted by Gasteiger charge is 2.32. The molecule has 7 nitrogen and oxygen atoms in total. The lowest BCUT2D eigenvalue weighted by molar-refractivity contribution is 0.0707. The highest BCUT2D eigenvalue weighted by molar-refractivity contribution is 6.06. The van der Waals surface area contributed by atoms with Gasteiger partial charge in [0.15, 0.2) is 5.65 Å². The molecule has 0 spiro atoms. The van der Waals surface area contributed by atoms with Crippen LogP contribution in [0.2, 0.25) is 0 Å². The molecule has 0 bridgehead atoms. The topological polar surface area (TPSA) is 80.1 Å². The lowest BCUT2D eigenvalue weighted by Crippen LogP contribution is -2.38. The van der Waals surface area contributed by atoms with Crippen LogP contribution in [-0.2, 0) is 7.05 Å². The smallest absolute Gasteiger partial charge is 0.256 e. The van der Waals surface area contributed by atoms with Gasteiger partial charge >= 0.3 is 0 Å². The lowest BCUT2D eigenvalue weighted by atomic mass is 9.90. The van der Waals surface area contributed by atoms with Crippen molar-refractivity contribution in [2.75, 3.05) is 20.1 Å². The van der Waals surface area contributed by atoms with E-state index in [-0.39, 0.29) is 23.3 Å². The van der Waals surface area contributed by atoms with E-state index in [1.807, 2.05) is 13.1 Å². The van der Waals surface area contributed by atoms with Crippen molar-refractivity contribution in [3.63, 3.8) is 0 Å². The van der Waals surface area contributed by atoms with E-state index >= 15 is 0 Å².